The minimum Gasteiger partial charge on any atom is -0.395 e. The highest BCUT2D eigenvalue weighted by Crippen LogP contribution is 2.33. The second-order valence-corrected chi connectivity index (χ2v) is 8.16. The van der Waals surface area contributed by atoms with Crippen molar-refractivity contribution in [1.82, 2.24) is 10.2 Å². The average Bonchev–Trinajstić information content (AvgIpc) is 2.82. The smallest absolute Gasteiger partial charge is 0.395 e. The lowest BCUT2D eigenvalue weighted by Gasteiger charge is -2.30. The standard InChI is InChI=1S/C26H25F3N2O2/c27-26(28,29)22-8-1-4-18(14-22)16-31-12-10-19-5-3-9-23(24(19)17-31)20-6-2-7-21(15-20)25(33)30-11-13-32/h1-9,14-15,32H,10-13,16-17H2,(H,30,33). The zero-order chi connectivity index (χ0) is 23.4. The molecule has 1 heterocycles. The first-order valence-corrected chi connectivity index (χ1v) is 10.8. The first-order chi connectivity index (χ1) is 15.8. The zero-order valence-electron chi connectivity index (χ0n) is 18.0. The minimum absolute atomic E-state index is 0.126. The monoisotopic (exact) mass is 454 g/mol. The molecule has 0 aliphatic carbocycles. The van der Waals surface area contributed by atoms with Crippen LogP contribution in [0.1, 0.15) is 32.6 Å². The molecule has 0 unspecified atom stereocenters. The van der Waals surface area contributed by atoms with E-state index in [1.165, 1.54) is 17.7 Å². The van der Waals surface area contributed by atoms with Crippen LogP contribution in [0.3, 0.4) is 0 Å². The number of hydrogen-bond acceptors (Lipinski definition) is 3. The lowest BCUT2D eigenvalue weighted by molar-refractivity contribution is -0.137. The number of hydrogen-bond donors (Lipinski definition) is 2. The number of aliphatic hydroxyl groups is 1. The molecular formula is C26H25F3N2O2. The number of nitrogens with one attached hydrogen (secondary N) is 1. The van der Waals surface area contributed by atoms with Crippen molar-refractivity contribution in [3.05, 3.63) is 94.5 Å². The molecule has 7 heteroatoms. The van der Waals surface area contributed by atoms with Crippen LogP contribution < -0.4 is 5.32 Å². The maximum atomic E-state index is 13.1. The van der Waals surface area contributed by atoms with Gasteiger partial charge in [0.2, 0.25) is 0 Å². The van der Waals surface area contributed by atoms with E-state index < -0.39 is 11.7 Å². The Bertz CT molecular complexity index is 1140. The Morgan fingerprint density at radius 1 is 1.03 bits per heavy atom. The maximum absolute atomic E-state index is 13.1. The summed E-state index contributed by atoms with van der Waals surface area (Å²) >= 11 is 0. The van der Waals surface area contributed by atoms with Gasteiger partial charge in [-0.15, -0.1) is 0 Å². The Hall–Kier alpha value is -3.16. The number of halogens is 3. The summed E-state index contributed by atoms with van der Waals surface area (Å²) in [7, 11) is 0. The Morgan fingerprint density at radius 2 is 1.82 bits per heavy atom. The second-order valence-electron chi connectivity index (χ2n) is 8.16. The van der Waals surface area contributed by atoms with Gasteiger partial charge in [-0.25, -0.2) is 0 Å². The lowest BCUT2D eigenvalue weighted by atomic mass is 9.90. The Labute approximate surface area is 190 Å². The van der Waals surface area contributed by atoms with Crippen LogP contribution in [0.4, 0.5) is 13.2 Å². The molecule has 0 atom stereocenters. The van der Waals surface area contributed by atoms with Gasteiger partial charge in [-0.2, -0.15) is 13.2 Å². The van der Waals surface area contributed by atoms with Crippen LogP contribution in [0.5, 0.6) is 0 Å². The van der Waals surface area contributed by atoms with Gasteiger partial charge >= 0.3 is 6.18 Å². The van der Waals surface area contributed by atoms with Crippen molar-refractivity contribution in [2.24, 2.45) is 0 Å². The number of amides is 1. The number of aliphatic hydroxyl groups excluding tert-OH is 1. The van der Waals surface area contributed by atoms with Gasteiger partial charge in [-0.05, 0) is 52.4 Å². The molecule has 0 saturated heterocycles. The van der Waals surface area contributed by atoms with Crippen LogP contribution in [0, 0.1) is 0 Å². The molecule has 3 aromatic carbocycles. The molecule has 172 valence electrons. The summed E-state index contributed by atoms with van der Waals surface area (Å²) in [4.78, 5) is 14.5. The fourth-order valence-electron chi connectivity index (χ4n) is 4.25. The molecule has 4 rings (SSSR count). The maximum Gasteiger partial charge on any atom is 0.416 e. The number of benzene rings is 3. The molecule has 1 amide bonds. The third-order valence-corrected chi connectivity index (χ3v) is 5.85. The van der Waals surface area contributed by atoms with Crippen LogP contribution in [-0.2, 0) is 25.7 Å². The Balaban J connectivity index is 1.58. The summed E-state index contributed by atoms with van der Waals surface area (Å²) in [6, 6.07) is 18.9. The first-order valence-electron chi connectivity index (χ1n) is 10.8. The van der Waals surface area contributed by atoms with Crippen molar-refractivity contribution in [3.8, 4) is 11.1 Å². The van der Waals surface area contributed by atoms with Gasteiger partial charge in [-0.3, -0.25) is 9.69 Å². The molecule has 33 heavy (non-hydrogen) atoms. The van der Waals surface area contributed by atoms with Crippen molar-refractivity contribution in [3.63, 3.8) is 0 Å². The number of nitrogens with zero attached hydrogens (tertiary/aromatic N) is 1. The van der Waals surface area contributed by atoms with Gasteiger partial charge in [0, 0.05) is 31.7 Å². The van der Waals surface area contributed by atoms with Crippen LogP contribution >= 0.6 is 0 Å². The van der Waals surface area contributed by atoms with Gasteiger partial charge < -0.3 is 10.4 Å². The van der Waals surface area contributed by atoms with E-state index in [1.807, 2.05) is 30.3 Å². The van der Waals surface area contributed by atoms with Crippen LogP contribution in [0.25, 0.3) is 11.1 Å². The van der Waals surface area contributed by atoms with E-state index in [1.54, 1.807) is 12.1 Å². The lowest BCUT2D eigenvalue weighted by Crippen LogP contribution is -2.30. The molecule has 0 bridgehead atoms. The molecule has 1 aliphatic rings. The SMILES string of the molecule is O=C(NCCO)c1cccc(-c2cccc3c2CN(Cc2cccc(C(F)(F)F)c2)CC3)c1. The largest absolute Gasteiger partial charge is 0.416 e. The number of alkyl halides is 3. The van der Waals surface area contributed by atoms with Crippen LogP contribution in [0.15, 0.2) is 66.7 Å². The quantitative estimate of drug-likeness (QED) is 0.570. The molecule has 1 aliphatic heterocycles. The van der Waals surface area contributed by atoms with Crippen molar-refractivity contribution in [2.45, 2.75) is 25.7 Å². The van der Waals surface area contributed by atoms with Crippen molar-refractivity contribution in [2.75, 3.05) is 19.7 Å². The van der Waals surface area contributed by atoms with E-state index in [9.17, 15) is 18.0 Å². The summed E-state index contributed by atoms with van der Waals surface area (Å²) < 4.78 is 39.3. The molecule has 0 aromatic heterocycles. The predicted molar refractivity (Wildman–Crippen MR) is 121 cm³/mol. The number of rotatable bonds is 6. The second kappa shape index (κ2) is 9.77. The topological polar surface area (TPSA) is 52.6 Å². The fourth-order valence-corrected chi connectivity index (χ4v) is 4.25. The van der Waals surface area contributed by atoms with Gasteiger partial charge in [0.25, 0.3) is 5.91 Å². The molecule has 0 radical (unpaired) electrons. The summed E-state index contributed by atoms with van der Waals surface area (Å²) in [5.41, 5.74) is 4.77. The van der Waals surface area contributed by atoms with E-state index >= 15 is 0 Å². The molecular weight excluding hydrogens is 429 g/mol. The highest BCUT2D eigenvalue weighted by atomic mass is 19.4. The summed E-state index contributed by atoms with van der Waals surface area (Å²) in [6.07, 6.45) is -3.55. The van der Waals surface area contributed by atoms with Crippen LogP contribution in [0.2, 0.25) is 0 Å². The summed E-state index contributed by atoms with van der Waals surface area (Å²) in [5.74, 6) is -0.248. The van der Waals surface area contributed by atoms with Crippen molar-refractivity contribution >= 4 is 5.91 Å². The van der Waals surface area contributed by atoms with Crippen molar-refractivity contribution < 1.29 is 23.1 Å². The third-order valence-electron chi connectivity index (χ3n) is 5.85. The Kier molecular flexibility index (Phi) is 6.81. The first kappa shape index (κ1) is 23.0. The normalized spacial score (nSPS) is 14.1. The molecule has 0 fully saturated rings. The third kappa shape index (κ3) is 5.43. The molecule has 4 nitrogen and oxygen atoms in total. The van der Waals surface area contributed by atoms with Crippen molar-refractivity contribution in [1.29, 1.82) is 0 Å². The Morgan fingerprint density at radius 3 is 2.61 bits per heavy atom. The average molecular weight is 454 g/mol. The van der Waals surface area contributed by atoms with Crippen LogP contribution in [-0.4, -0.2) is 35.6 Å². The number of fused-ring (bicyclic) bond motifs is 1. The van der Waals surface area contributed by atoms with Gasteiger partial charge in [-0.1, -0.05) is 48.5 Å². The predicted octanol–water partition coefficient (Wildman–Crippen LogP) is 4.65. The molecule has 0 saturated carbocycles. The number of carbonyl (C=O) groups excluding carboxylic acids is 1. The molecule has 2 N–H and O–H groups in total. The molecule has 0 spiro atoms. The minimum atomic E-state index is -4.35. The molecule has 3 aromatic rings. The van der Waals surface area contributed by atoms with E-state index in [4.69, 9.17) is 5.11 Å². The highest BCUT2D eigenvalue weighted by molar-refractivity contribution is 5.95. The van der Waals surface area contributed by atoms with E-state index in [2.05, 4.69) is 16.3 Å². The van der Waals surface area contributed by atoms with Gasteiger partial charge in [0.15, 0.2) is 0 Å². The summed E-state index contributed by atoms with van der Waals surface area (Å²) in [5, 5.41) is 11.6. The fraction of sp³-hybridized carbons (Fsp3) is 0.269. The highest BCUT2D eigenvalue weighted by Gasteiger charge is 2.30. The van der Waals surface area contributed by atoms with E-state index in [0.29, 0.717) is 24.2 Å². The summed E-state index contributed by atoms with van der Waals surface area (Å²) in [6.45, 7) is 1.87. The van der Waals surface area contributed by atoms with E-state index in [-0.39, 0.29) is 19.1 Å². The van der Waals surface area contributed by atoms with E-state index in [0.717, 1.165) is 35.7 Å². The number of carbonyl (C=O) groups is 1. The zero-order valence-corrected chi connectivity index (χ0v) is 18.0. The van der Waals surface area contributed by atoms with Gasteiger partial charge in [0.05, 0.1) is 12.2 Å². The van der Waals surface area contributed by atoms with Gasteiger partial charge in [0.1, 0.15) is 0 Å².